The Hall–Kier alpha value is -1.34. The lowest BCUT2D eigenvalue weighted by atomic mass is 9.64. The summed E-state index contributed by atoms with van der Waals surface area (Å²) in [6.07, 6.45) is 4.94. The molecular formula is C20H37N3O4. The number of amides is 2. The van der Waals surface area contributed by atoms with Crippen LogP contribution in [-0.2, 0) is 9.53 Å². The molecule has 0 aromatic carbocycles. The predicted octanol–water partition coefficient (Wildman–Crippen LogP) is 2.55. The standard InChI is InChI=1S/C20H37N3O4/c1-6-8-9-27-17-12-16(20(17,3)4)22(5)19(26)21-14-10-15(11-14)23(7-2)13-18(24)25/h14-17H,6-13H2,1-5H3,(H,21,26)(H,24,25). The third-order valence-corrected chi connectivity index (χ3v) is 6.43. The summed E-state index contributed by atoms with van der Waals surface area (Å²) >= 11 is 0. The second kappa shape index (κ2) is 9.24. The first-order valence-corrected chi connectivity index (χ1v) is 10.3. The molecule has 0 aliphatic heterocycles. The molecule has 156 valence electrons. The van der Waals surface area contributed by atoms with Crippen LogP contribution in [0.25, 0.3) is 0 Å². The average Bonchev–Trinajstić information content (AvgIpc) is 2.57. The van der Waals surface area contributed by atoms with E-state index in [0.29, 0.717) is 6.54 Å². The van der Waals surface area contributed by atoms with Crippen LogP contribution in [0.1, 0.15) is 59.8 Å². The lowest BCUT2D eigenvalue weighted by Gasteiger charge is -2.55. The number of hydrogen-bond donors (Lipinski definition) is 2. The van der Waals surface area contributed by atoms with Crippen molar-refractivity contribution in [2.45, 2.75) is 84.0 Å². The fourth-order valence-corrected chi connectivity index (χ4v) is 4.27. The van der Waals surface area contributed by atoms with Crippen LogP contribution in [-0.4, -0.2) is 77.9 Å². The number of likely N-dealkylation sites (N-methyl/N-ethyl adjacent to an activating group) is 1. The van der Waals surface area contributed by atoms with Gasteiger partial charge < -0.3 is 20.1 Å². The zero-order chi connectivity index (χ0) is 20.2. The molecule has 0 aromatic rings. The van der Waals surface area contributed by atoms with Crippen molar-refractivity contribution in [2.24, 2.45) is 5.41 Å². The van der Waals surface area contributed by atoms with Crippen LogP contribution in [0.15, 0.2) is 0 Å². The van der Waals surface area contributed by atoms with Crippen LogP contribution >= 0.6 is 0 Å². The molecule has 0 bridgehead atoms. The summed E-state index contributed by atoms with van der Waals surface area (Å²) in [5, 5.41) is 12.1. The van der Waals surface area contributed by atoms with E-state index in [2.05, 4.69) is 26.1 Å². The minimum Gasteiger partial charge on any atom is -0.480 e. The van der Waals surface area contributed by atoms with Crippen molar-refractivity contribution in [2.75, 3.05) is 26.7 Å². The first-order valence-electron chi connectivity index (χ1n) is 10.3. The van der Waals surface area contributed by atoms with Crippen molar-refractivity contribution in [3.05, 3.63) is 0 Å². The van der Waals surface area contributed by atoms with E-state index in [1.54, 1.807) is 0 Å². The highest BCUT2D eigenvalue weighted by Gasteiger charge is 2.52. The highest BCUT2D eigenvalue weighted by molar-refractivity contribution is 5.75. The Bertz CT molecular complexity index is 519. The molecule has 2 aliphatic carbocycles. The quantitative estimate of drug-likeness (QED) is 0.567. The van der Waals surface area contributed by atoms with E-state index in [-0.39, 0.29) is 42.2 Å². The van der Waals surface area contributed by atoms with E-state index in [1.165, 1.54) is 0 Å². The van der Waals surface area contributed by atoms with Gasteiger partial charge in [0.1, 0.15) is 0 Å². The molecule has 2 amide bonds. The second-order valence-corrected chi connectivity index (χ2v) is 8.63. The summed E-state index contributed by atoms with van der Waals surface area (Å²) < 4.78 is 5.98. The molecule has 0 aromatic heterocycles. The monoisotopic (exact) mass is 383 g/mol. The SMILES string of the molecule is CCCCOC1CC(N(C)C(=O)NC2CC(N(CC)CC(=O)O)C2)C1(C)C. The van der Waals surface area contributed by atoms with Crippen LogP contribution in [0.5, 0.6) is 0 Å². The molecule has 2 unspecified atom stereocenters. The molecule has 0 spiro atoms. The molecule has 0 heterocycles. The number of aliphatic carboxylic acids is 1. The number of carboxylic acids is 1. The Labute approximate surface area is 163 Å². The number of carbonyl (C=O) groups excluding carboxylic acids is 1. The highest BCUT2D eigenvalue weighted by Crippen LogP contribution is 2.45. The number of nitrogens with zero attached hydrogens (tertiary/aromatic N) is 2. The van der Waals surface area contributed by atoms with Gasteiger partial charge in [-0.3, -0.25) is 9.69 Å². The zero-order valence-electron chi connectivity index (χ0n) is 17.5. The molecule has 0 saturated heterocycles. The molecular weight excluding hydrogens is 346 g/mol. The van der Waals surface area contributed by atoms with Gasteiger partial charge in [-0.2, -0.15) is 0 Å². The van der Waals surface area contributed by atoms with Crippen molar-refractivity contribution in [3.63, 3.8) is 0 Å². The van der Waals surface area contributed by atoms with Crippen LogP contribution in [0, 0.1) is 5.41 Å². The summed E-state index contributed by atoms with van der Waals surface area (Å²) in [4.78, 5) is 27.3. The first kappa shape index (κ1) is 22.0. The predicted molar refractivity (Wildman–Crippen MR) is 105 cm³/mol. The summed E-state index contributed by atoms with van der Waals surface area (Å²) in [5.41, 5.74) is -0.0392. The third kappa shape index (κ3) is 5.13. The topological polar surface area (TPSA) is 82.1 Å². The average molecular weight is 384 g/mol. The maximum atomic E-state index is 12.6. The molecule has 2 saturated carbocycles. The second-order valence-electron chi connectivity index (χ2n) is 8.63. The molecule has 0 radical (unpaired) electrons. The molecule has 2 N–H and O–H groups in total. The zero-order valence-corrected chi connectivity index (χ0v) is 17.5. The van der Waals surface area contributed by atoms with Gasteiger partial charge >= 0.3 is 12.0 Å². The first-order chi connectivity index (χ1) is 12.7. The van der Waals surface area contributed by atoms with E-state index >= 15 is 0 Å². The van der Waals surface area contributed by atoms with E-state index in [0.717, 1.165) is 38.7 Å². The lowest BCUT2D eigenvalue weighted by molar-refractivity contribution is -0.140. The molecule has 7 heteroatoms. The number of hydrogen-bond acceptors (Lipinski definition) is 4. The Morgan fingerprint density at radius 2 is 1.89 bits per heavy atom. The lowest BCUT2D eigenvalue weighted by Crippen LogP contribution is -2.65. The largest absolute Gasteiger partial charge is 0.480 e. The van der Waals surface area contributed by atoms with Gasteiger partial charge in [0, 0.05) is 37.2 Å². The van der Waals surface area contributed by atoms with Gasteiger partial charge in [-0.05, 0) is 32.2 Å². The minimum atomic E-state index is -0.799. The number of carboxylic acid groups (broad SMARTS) is 1. The van der Waals surface area contributed by atoms with Crippen molar-refractivity contribution >= 4 is 12.0 Å². The number of rotatable bonds is 10. The maximum absolute atomic E-state index is 12.6. The number of urea groups is 1. The maximum Gasteiger partial charge on any atom is 0.317 e. The normalized spacial score (nSPS) is 29.0. The van der Waals surface area contributed by atoms with E-state index in [1.807, 2.05) is 23.8 Å². The van der Waals surface area contributed by atoms with Crippen LogP contribution in [0.3, 0.4) is 0 Å². The molecule has 27 heavy (non-hydrogen) atoms. The smallest absolute Gasteiger partial charge is 0.317 e. The Balaban J connectivity index is 1.75. The van der Waals surface area contributed by atoms with Gasteiger partial charge in [-0.1, -0.05) is 34.1 Å². The molecule has 2 rings (SSSR count). The van der Waals surface area contributed by atoms with E-state index in [9.17, 15) is 9.59 Å². The fraction of sp³-hybridized carbons (Fsp3) is 0.900. The van der Waals surface area contributed by atoms with Gasteiger partial charge in [0.2, 0.25) is 0 Å². The number of carbonyl (C=O) groups is 2. The molecule has 7 nitrogen and oxygen atoms in total. The third-order valence-electron chi connectivity index (χ3n) is 6.43. The van der Waals surface area contributed by atoms with E-state index < -0.39 is 5.97 Å². The molecule has 2 fully saturated rings. The van der Waals surface area contributed by atoms with Gasteiger partial charge in [0.25, 0.3) is 0 Å². The highest BCUT2D eigenvalue weighted by atomic mass is 16.5. The summed E-state index contributed by atoms with van der Waals surface area (Å²) in [6.45, 7) is 10.0. The van der Waals surface area contributed by atoms with Crippen LogP contribution in [0.2, 0.25) is 0 Å². The van der Waals surface area contributed by atoms with Crippen LogP contribution in [0.4, 0.5) is 4.79 Å². The van der Waals surface area contributed by atoms with Gasteiger partial charge in [0.15, 0.2) is 0 Å². The van der Waals surface area contributed by atoms with Gasteiger partial charge in [0.05, 0.1) is 12.6 Å². The summed E-state index contributed by atoms with van der Waals surface area (Å²) in [6, 6.07) is 0.523. The van der Waals surface area contributed by atoms with Crippen molar-refractivity contribution < 1.29 is 19.4 Å². The van der Waals surface area contributed by atoms with Crippen molar-refractivity contribution in [3.8, 4) is 0 Å². The van der Waals surface area contributed by atoms with E-state index in [4.69, 9.17) is 9.84 Å². The Morgan fingerprint density at radius 3 is 2.41 bits per heavy atom. The Kier molecular flexibility index (Phi) is 7.51. The van der Waals surface area contributed by atoms with Gasteiger partial charge in [-0.15, -0.1) is 0 Å². The minimum absolute atomic E-state index is 0.0372. The number of ether oxygens (including phenoxy) is 1. The molecule has 2 atom stereocenters. The molecule has 2 aliphatic rings. The number of unbranched alkanes of at least 4 members (excludes halogenated alkanes) is 1. The summed E-state index contributed by atoms with van der Waals surface area (Å²) in [5.74, 6) is -0.799. The fourth-order valence-electron chi connectivity index (χ4n) is 4.27. The van der Waals surface area contributed by atoms with Gasteiger partial charge in [-0.25, -0.2) is 4.79 Å². The number of nitrogens with one attached hydrogen (secondary N) is 1. The summed E-state index contributed by atoms with van der Waals surface area (Å²) in [7, 11) is 1.86. The van der Waals surface area contributed by atoms with Crippen molar-refractivity contribution in [1.29, 1.82) is 0 Å². The van der Waals surface area contributed by atoms with Crippen LogP contribution < -0.4 is 5.32 Å². The van der Waals surface area contributed by atoms with Crippen molar-refractivity contribution in [1.82, 2.24) is 15.1 Å². The Morgan fingerprint density at radius 1 is 1.22 bits per heavy atom.